The third-order valence-corrected chi connectivity index (χ3v) is 4.02. The van der Waals surface area contributed by atoms with Crippen molar-refractivity contribution in [3.05, 3.63) is 59.6 Å². The van der Waals surface area contributed by atoms with Crippen LogP contribution in [-0.2, 0) is 0 Å². The molecule has 136 valence electrons. The number of carbonyl (C=O) groups is 1. The lowest BCUT2D eigenvalue weighted by atomic mass is 10.1. The predicted octanol–water partition coefficient (Wildman–Crippen LogP) is 4.47. The maximum atomic E-state index is 14.1. The van der Waals surface area contributed by atoms with Gasteiger partial charge in [0.15, 0.2) is 11.3 Å². The molecule has 0 spiro atoms. The van der Waals surface area contributed by atoms with Gasteiger partial charge in [-0.25, -0.2) is 4.39 Å². The van der Waals surface area contributed by atoms with Gasteiger partial charge in [-0.2, -0.15) is 0 Å². The summed E-state index contributed by atoms with van der Waals surface area (Å²) >= 11 is 0. The van der Waals surface area contributed by atoms with Crippen molar-refractivity contribution in [3.63, 3.8) is 0 Å². The Morgan fingerprint density at radius 2 is 2.08 bits per heavy atom. The Morgan fingerprint density at radius 1 is 1.27 bits per heavy atom. The Labute approximate surface area is 150 Å². The van der Waals surface area contributed by atoms with Crippen molar-refractivity contribution in [2.45, 2.75) is 19.9 Å². The summed E-state index contributed by atoms with van der Waals surface area (Å²) in [5, 5.41) is 3.63. The van der Waals surface area contributed by atoms with Crippen molar-refractivity contribution in [1.82, 2.24) is 5.32 Å². The van der Waals surface area contributed by atoms with Crippen LogP contribution in [-0.4, -0.2) is 19.6 Å². The monoisotopic (exact) mass is 357 g/mol. The molecule has 0 bridgehead atoms. The first-order chi connectivity index (χ1) is 12.5. The lowest BCUT2D eigenvalue weighted by Gasteiger charge is -2.12. The summed E-state index contributed by atoms with van der Waals surface area (Å²) < 4.78 is 30.4. The average molecular weight is 357 g/mol. The Balaban J connectivity index is 1.81. The minimum absolute atomic E-state index is 0.0521. The first-order valence-electron chi connectivity index (χ1n) is 8.33. The number of methoxy groups -OCH3 is 1. The van der Waals surface area contributed by atoms with Crippen LogP contribution < -0.4 is 14.8 Å². The predicted molar refractivity (Wildman–Crippen MR) is 96.2 cm³/mol. The number of hydrogen-bond donors (Lipinski definition) is 1. The van der Waals surface area contributed by atoms with E-state index in [1.54, 1.807) is 6.92 Å². The molecule has 1 amide bonds. The van der Waals surface area contributed by atoms with E-state index < -0.39 is 17.8 Å². The standard InChI is InChI=1S/C20H20FNO4/c1-4-25-17-7-5-6-13-10-18(26-19(13)17)12(2)22-20(23)15-9-8-14(24-3)11-16(15)21/h5-12H,4H2,1-3H3,(H,22,23). The maximum absolute atomic E-state index is 14.1. The molecule has 26 heavy (non-hydrogen) atoms. The molecule has 0 aliphatic carbocycles. The van der Waals surface area contributed by atoms with Crippen molar-refractivity contribution in [3.8, 4) is 11.5 Å². The van der Waals surface area contributed by atoms with Gasteiger partial charge in [-0.05, 0) is 38.1 Å². The van der Waals surface area contributed by atoms with Crippen LogP contribution in [0.15, 0.2) is 46.9 Å². The highest BCUT2D eigenvalue weighted by atomic mass is 19.1. The molecule has 0 aliphatic heterocycles. The van der Waals surface area contributed by atoms with E-state index in [1.807, 2.05) is 31.2 Å². The summed E-state index contributed by atoms with van der Waals surface area (Å²) in [5.74, 6) is 0.402. The van der Waals surface area contributed by atoms with Crippen LogP contribution in [0, 0.1) is 5.82 Å². The third-order valence-electron chi connectivity index (χ3n) is 4.02. The van der Waals surface area contributed by atoms with Crippen molar-refractivity contribution in [1.29, 1.82) is 0 Å². The van der Waals surface area contributed by atoms with Gasteiger partial charge in [0.1, 0.15) is 17.3 Å². The number of ether oxygens (including phenoxy) is 2. The summed E-state index contributed by atoms with van der Waals surface area (Å²) in [5.41, 5.74) is 0.574. The van der Waals surface area contributed by atoms with Gasteiger partial charge in [0.2, 0.25) is 0 Å². The topological polar surface area (TPSA) is 60.7 Å². The van der Waals surface area contributed by atoms with E-state index in [-0.39, 0.29) is 5.56 Å². The molecule has 1 atom stereocenters. The van der Waals surface area contributed by atoms with E-state index in [1.165, 1.54) is 25.3 Å². The Bertz CT molecular complexity index is 935. The molecule has 1 heterocycles. The van der Waals surface area contributed by atoms with Crippen LogP contribution in [0.3, 0.4) is 0 Å². The molecule has 0 aliphatic rings. The summed E-state index contributed by atoms with van der Waals surface area (Å²) in [6.45, 7) is 4.20. The number of nitrogens with one attached hydrogen (secondary N) is 1. The zero-order valence-electron chi connectivity index (χ0n) is 14.8. The minimum Gasteiger partial charge on any atom is -0.497 e. The lowest BCUT2D eigenvalue weighted by Crippen LogP contribution is -2.27. The van der Waals surface area contributed by atoms with Crippen LogP contribution in [0.4, 0.5) is 4.39 Å². The summed E-state index contributed by atoms with van der Waals surface area (Å²) in [6, 6.07) is 11.1. The summed E-state index contributed by atoms with van der Waals surface area (Å²) in [7, 11) is 1.44. The van der Waals surface area contributed by atoms with Crippen LogP contribution in [0.5, 0.6) is 11.5 Å². The van der Waals surface area contributed by atoms with E-state index in [0.29, 0.717) is 29.4 Å². The van der Waals surface area contributed by atoms with Crippen LogP contribution in [0.1, 0.15) is 36.0 Å². The Hall–Kier alpha value is -3.02. The molecule has 0 fully saturated rings. The molecule has 0 saturated carbocycles. The van der Waals surface area contributed by atoms with Gasteiger partial charge in [0.25, 0.3) is 5.91 Å². The van der Waals surface area contributed by atoms with Gasteiger partial charge in [-0.3, -0.25) is 4.79 Å². The van der Waals surface area contributed by atoms with Crippen LogP contribution in [0.2, 0.25) is 0 Å². The number of para-hydroxylation sites is 1. The van der Waals surface area contributed by atoms with E-state index in [2.05, 4.69) is 5.32 Å². The summed E-state index contributed by atoms with van der Waals surface area (Å²) in [4.78, 5) is 12.4. The second kappa shape index (κ2) is 7.47. The zero-order valence-corrected chi connectivity index (χ0v) is 14.8. The lowest BCUT2D eigenvalue weighted by molar-refractivity contribution is 0.0931. The van der Waals surface area contributed by atoms with Crippen LogP contribution >= 0.6 is 0 Å². The minimum atomic E-state index is -0.641. The van der Waals surface area contributed by atoms with E-state index >= 15 is 0 Å². The largest absolute Gasteiger partial charge is 0.497 e. The third kappa shape index (κ3) is 3.49. The van der Waals surface area contributed by atoms with E-state index in [0.717, 1.165) is 5.39 Å². The maximum Gasteiger partial charge on any atom is 0.254 e. The quantitative estimate of drug-likeness (QED) is 0.707. The van der Waals surface area contributed by atoms with Gasteiger partial charge >= 0.3 is 0 Å². The molecule has 0 saturated heterocycles. The van der Waals surface area contributed by atoms with Crippen molar-refractivity contribution in [2.75, 3.05) is 13.7 Å². The van der Waals surface area contributed by atoms with Crippen LogP contribution in [0.25, 0.3) is 11.0 Å². The van der Waals surface area contributed by atoms with Gasteiger partial charge in [0, 0.05) is 11.5 Å². The number of furan rings is 1. The molecule has 3 rings (SSSR count). The fraction of sp³-hybridized carbons (Fsp3) is 0.250. The van der Waals surface area contributed by atoms with Gasteiger partial charge in [-0.1, -0.05) is 12.1 Å². The smallest absolute Gasteiger partial charge is 0.254 e. The molecule has 6 heteroatoms. The van der Waals surface area contributed by atoms with E-state index in [4.69, 9.17) is 13.9 Å². The molecule has 3 aromatic rings. The second-order valence-corrected chi connectivity index (χ2v) is 5.80. The van der Waals surface area contributed by atoms with Crippen molar-refractivity contribution in [2.24, 2.45) is 0 Å². The van der Waals surface area contributed by atoms with Gasteiger partial charge < -0.3 is 19.2 Å². The average Bonchev–Trinajstić information content (AvgIpc) is 3.07. The normalized spacial score (nSPS) is 12.0. The number of halogens is 1. The van der Waals surface area contributed by atoms with Gasteiger partial charge in [0.05, 0.1) is 25.3 Å². The van der Waals surface area contributed by atoms with Gasteiger partial charge in [-0.15, -0.1) is 0 Å². The second-order valence-electron chi connectivity index (χ2n) is 5.80. The molecule has 1 unspecified atom stereocenters. The highest BCUT2D eigenvalue weighted by Gasteiger charge is 2.19. The fourth-order valence-electron chi connectivity index (χ4n) is 2.69. The highest BCUT2D eigenvalue weighted by molar-refractivity contribution is 5.95. The number of rotatable bonds is 6. The summed E-state index contributed by atoms with van der Waals surface area (Å²) in [6.07, 6.45) is 0. The Kier molecular flexibility index (Phi) is 5.11. The van der Waals surface area contributed by atoms with Crippen molar-refractivity contribution >= 4 is 16.9 Å². The molecule has 1 aromatic heterocycles. The highest BCUT2D eigenvalue weighted by Crippen LogP contribution is 2.31. The molecule has 1 N–H and O–H groups in total. The molecular weight excluding hydrogens is 337 g/mol. The first kappa shape index (κ1) is 17.8. The molecule has 2 aromatic carbocycles. The first-order valence-corrected chi connectivity index (χ1v) is 8.33. The number of hydrogen-bond acceptors (Lipinski definition) is 4. The SMILES string of the molecule is CCOc1cccc2cc(C(C)NC(=O)c3ccc(OC)cc3F)oc12. The number of fused-ring (bicyclic) bond motifs is 1. The number of benzene rings is 2. The number of amides is 1. The molecule has 0 radical (unpaired) electrons. The fourth-order valence-corrected chi connectivity index (χ4v) is 2.69. The Morgan fingerprint density at radius 3 is 2.77 bits per heavy atom. The molecular formula is C20H20FNO4. The van der Waals surface area contributed by atoms with E-state index in [9.17, 15) is 9.18 Å². The zero-order chi connectivity index (χ0) is 18.7. The van der Waals surface area contributed by atoms with Crippen molar-refractivity contribution < 1.29 is 23.1 Å². The number of carbonyl (C=O) groups excluding carboxylic acids is 1. The molecule has 5 nitrogen and oxygen atoms in total.